The van der Waals surface area contributed by atoms with Gasteiger partial charge in [0.2, 0.25) is 5.78 Å². The molecule has 1 saturated heterocycles. The van der Waals surface area contributed by atoms with Gasteiger partial charge in [0.25, 0.3) is 0 Å². The lowest BCUT2D eigenvalue weighted by molar-refractivity contribution is 0.0603. The molecule has 1 N–H and O–H groups in total. The number of carbonyl (C=O) groups excluding carboxylic acids is 2. The molecular formula is C27H25N7O4. The molecule has 11 nitrogen and oxygen atoms in total. The van der Waals surface area contributed by atoms with E-state index in [1.54, 1.807) is 35.2 Å². The van der Waals surface area contributed by atoms with Gasteiger partial charge in [0.05, 0.1) is 23.8 Å². The number of anilines is 1. The molecule has 0 aliphatic carbocycles. The van der Waals surface area contributed by atoms with Gasteiger partial charge in [0.15, 0.2) is 5.65 Å². The number of piperidine rings is 1. The van der Waals surface area contributed by atoms with Crippen molar-refractivity contribution in [1.82, 2.24) is 29.1 Å². The van der Waals surface area contributed by atoms with Crippen molar-refractivity contribution in [2.24, 2.45) is 7.05 Å². The second-order valence-corrected chi connectivity index (χ2v) is 9.33. The highest BCUT2D eigenvalue weighted by atomic mass is 16.5. The van der Waals surface area contributed by atoms with E-state index < -0.39 is 5.97 Å². The Morgan fingerprint density at radius 2 is 1.82 bits per heavy atom. The maximum absolute atomic E-state index is 13.6. The van der Waals surface area contributed by atoms with Crippen LogP contribution in [0, 0.1) is 0 Å². The zero-order valence-corrected chi connectivity index (χ0v) is 20.9. The minimum atomic E-state index is -0.507. The first-order chi connectivity index (χ1) is 18.5. The average molecular weight is 512 g/mol. The third-order valence-corrected chi connectivity index (χ3v) is 7.19. The van der Waals surface area contributed by atoms with E-state index in [-0.39, 0.29) is 23.2 Å². The molecule has 1 aromatic carbocycles. The highest BCUT2D eigenvalue weighted by Gasteiger charge is 2.26. The highest BCUT2D eigenvalue weighted by molar-refractivity contribution is 6.19. The number of pyridine rings is 1. The van der Waals surface area contributed by atoms with Crippen molar-refractivity contribution in [2.45, 2.75) is 18.9 Å². The number of nitrogens with zero attached hydrogens (tertiary/aromatic N) is 6. The number of hydrogen-bond donors (Lipinski definition) is 1. The van der Waals surface area contributed by atoms with E-state index in [1.165, 1.54) is 13.4 Å². The number of nitrogens with one attached hydrogen (secondary N) is 1. The molecular weight excluding hydrogens is 486 g/mol. The predicted molar refractivity (Wildman–Crippen MR) is 141 cm³/mol. The molecule has 0 radical (unpaired) electrons. The number of aromatic amines is 1. The number of benzene rings is 1. The molecule has 0 saturated carbocycles. The van der Waals surface area contributed by atoms with Crippen LogP contribution >= 0.6 is 0 Å². The number of H-pyrrole nitrogens is 1. The fourth-order valence-electron chi connectivity index (χ4n) is 5.35. The molecule has 0 amide bonds. The molecule has 38 heavy (non-hydrogen) atoms. The van der Waals surface area contributed by atoms with Gasteiger partial charge in [0, 0.05) is 55.5 Å². The summed E-state index contributed by atoms with van der Waals surface area (Å²) in [5.74, 6) is -0.168. The van der Waals surface area contributed by atoms with E-state index in [9.17, 15) is 14.4 Å². The van der Waals surface area contributed by atoms with Crippen molar-refractivity contribution in [3.8, 4) is 0 Å². The third kappa shape index (κ3) is 3.83. The number of methoxy groups -OCH3 is 1. The smallest absolute Gasteiger partial charge is 0.338 e. The standard InChI is InChI=1S/C27H25N7O4/c1-32-14-18(23-17(26(36)38-2)5-3-6-20(23)32)24(35)19-13-22(30-15-29-19)33-11-8-16(9-12-33)34-21-7-4-10-28-25(21)31-27(34)37/h3-7,10,13-16H,8-9,11-12H2,1-2H3,(H,28,31,37). The molecule has 0 spiro atoms. The number of aryl methyl sites for hydroxylation is 1. The Morgan fingerprint density at radius 1 is 1.03 bits per heavy atom. The Morgan fingerprint density at radius 3 is 2.61 bits per heavy atom. The molecule has 192 valence electrons. The molecule has 0 atom stereocenters. The molecule has 0 bridgehead atoms. The van der Waals surface area contributed by atoms with Crippen molar-refractivity contribution >= 4 is 39.6 Å². The lowest BCUT2D eigenvalue weighted by Crippen LogP contribution is -2.37. The first kappa shape index (κ1) is 23.6. The quantitative estimate of drug-likeness (QED) is 0.282. The Bertz CT molecular complexity index is 1760. The number of ketones is 1. The van der Waals surface area contributed by atoms with Crippen molar-refractivity contribution in [1.29, 1.82) is 0 Å². The number of hydrogen-bond acceptors (Lipinski definition) is 8. The maximum Gasteiger partial charge on any atom is 0.338 e. The van der Waals surface area contributed by atoms with E-state index in [2.05, 4.69) is 24.8 Å². The molecule has 6 rings (SSSR count). The predicted octanol–water partition coefficient (Wildman–Crippen LogP) is 2.87. The summed E-state index contributed by atoms with van der Waals surface area (Å²) >= 11 is 0. The lowest BCUT2D eigenvalue weighted by atomic mass is 10.0. The first-order valence-electron chi connectivity index (χ1n) is 12.3. The summed E-state index contributed by atoms with van der Waals surface area (Å²) in [5.41, 5.74) is 2.91. The summed E-state index contributed by atoms with van der Waals surface area (Å²) in [6.45, 7) is 1.32. The van der Waals surface area contributed by atoms with Crippen molar-refractivity contribution in [3.05, 3.63) is 82.4 Å². The van der Waals surface area contributed by atoms with Gasteiger partial charge in [-0.25, -0.2) is 24.5 Å². The summed E-state index contributed by atoms with van der Waals surface area (Å²) in [4.78, 5) is 56.5. The number of esters is 1. The fourth-order valence-corrected chi connectivity index (χ4v) is 5.35. The van der Waals surface area contributed by atoms with Gasteiger partial charge in [-0.1, -0.05) is 6.07 Å². The Kier molecular flexibility index (Phi) is 5.74. The monoisotopic (exact) mass is 511 g/mol. The summed E-state index contributed by atoms with van der Waals surface area (Å²) in [6, 6.07) is 10.7. The summed E-state index contributed by atoms with van der Waals surface area (Å²) in [5, 5.41) is 0.534. The van der Waals surface area contributed by atoms with E-state index >= 15 is 0 Å². The molecule has 4 aromatic heterocycles. The van der Waals surface area contributed by atoms with Crippen LogP contribution in [0.1, 0.15) is 45.3 Å². The van der Waals surface area contributed by atoms with Gasteiger partial charge in [-0.15, -0.1) is 0 Å². The van der Waals surface area contributed by atoms with Gasteiger partial charge in [0.1, 0.15) is 17.8 Å². The second kappa shape index (κ2) is 9.25. The van der Waals surface area contributed by atoms with Gasteiger partial charge in [-0.05, 0) is 37.1 Å². The zero-order chi connectivity index (χ0) is 26.4. The zero-order valence-electron chi connectivity index (χ0n) is 20.9. The van der Waals surface area contributed by atoms with Gasteiger partial charge in [-0.3, -0.25) is 14.3 Å². The Balaban J connectivity index is 1.27. The van der Waals surface area contributed by atoms with E-state index in [1.807, 2.05) is 29.8 Å². The summed E-state index contributed by atoms with van der Waals surface area (Å²) in [7, 11) is 3.14. The highest BCUT2D eigenvalue weighted by Crippen LogP contribution is 2.29. The summed E-state index contributed by atoms with van der Waals surface area (Å²) < 4.78 is 8.54. The number of fused-ring (bicyclic) bond motifs is 2. The lowest BCUT2D eigenvalue weighted by Gasteiger charge is -2.33. The van der Waals surface area contributed by atoms with Crippen LogP contribution in [0.5, 0.6) is 0 Å². The number of imidazole rings is 1. The second-order valence-electron chi connectivity index (χ2n) is 9.33. The third-order valence-electron chi connectivity index (χ3n) is 7.19. The number of rotatable bonds is 5. The molecule has 1 fully saturated rings. The number of carbonyl (C=O) groups is 2. The van der Waals surface area contributed by atoms with Crippen molar-refractivity contribution < 1.29 is 14.3 Å². The van der Waals surface area contributed by atoms with Crippen LogP contribution in [0.4, 0.5) is 5.82 Å². The SMILES string of the molecule is COC(=O)c1cccc2c1c(C(=O)c1cc(N3CCC(n4c(=O)[nH]c5ncccc54)CC3)ncn1)cn2C. The van der Waals surface area contributed by atoms with Crippen molar-refractivity contribution in [3.63, 3.8) is 0 Å². The largest absolute Gasteiger partial charge is 0.465 e. The van der Waals surface area contributed by atoms with Crippen LogP contribution < -0.4 is 10.6 Å². The summed E-state index contributed by atoms with van der Waals surface area (Å²) in [6.07, 6.45) is 6.23. The minimum Gasteiger partial charge on any atom is -0.465 e. The van der Waals surface area contributed by atoms with Crippen molar-refractivity contribution in [2.75, 3.05) is 25.1 Å². The minimum absolute atomic E-state index is 0.0343. The normalized spacial score (nSPS) is 14.3. The van der Waals surface area contributed by atoms with Gasteiger partial charge in [-0.2, -0.15) is 0 Å². The fraction of sp³-hybridized carbons (Fsp3) is 0.259. The molecule has 1 aliphatic rings. The molecule has 5 heterocycles. The van der Waals surface area contributed by atoms with Crippen LogP contribution in [0.15, 0.2) is 59.9 Å². The van der Waals surface area contributed by atoms with Gasteiger partial charge >= 0.3 is 11.7 Å². The van der Waals surface area contributed by atoms with Crippen LogP contribution in [0.3, 0.4) is 0 Å². The Labute approximate surface area is 216 Å². The number of aromatic nitrogens is 6. The topological polar surface area (TPSA) is 128 Å². The Hall–Kier alpha value is -4.80. The van der Waals surface area contributed by atoms with Crippen LogP contribution in [0.25, 0.3) is 22.1 Å². The molecule has 11 heteroatoms. The van der Waals surface area contributed by atoms with Crippen LogP contribution in [-0.4, -0.2) is 61.0 Å². The number of ether oxygens (including phenoxy) is 1. The van der Waals surface area contributed by atoms with Crippen LogP contribution in [-0.2, 0) is 11.8 Å². The van der Waals surface area contributed by atoms with Gasteiger partial charge < -0.3 is 14.2 Å². The van der Waals surface area contributed by atoms with E-state index in [0.717, 1.165) is 23.9 Å². The molecule has 0 unspecified atom stereocenters. The van der Waals surface area contributed by atoms with E-state index in [4.69, 9.17) is 4.74 Å². The first-order valence-corrected chi connectivity index (χ1v) is 12.3. The average Bonchev–Trinajstić information content (AvgIpc) is 3.48. The molecule has 1 aliphatic heterocycles. The molecule has 5 aromatic rings. The van der Waals surface area contributed by atoms with Crippen LogP contribution in [0.2, 0.25) is 0 Å². The van der Waals surface area contributed by atoms with E-state index in [0.29, 0.717) is 41.1 Å². The maximum atomic E-state index is 13.6.